The third-order valence-electron chi connectivity index (χ3n) is 3.05. The smallest absolute Gasteiger partial charge is 0.141 e. The van der Waals surface area contributed by atoms with Gasteiger partial charge in [-0.1, -0.05) is 48.0 Å². The molecule has 0 aromatic rings. The van der Waals surface area contributed by atoms with Crippen molar-refractivity contribution in [1.82, 2.24) is 0 Å². The third-order valence-corrected chi connectivity index (χ3v) is 3.05. The molecule has 2 N–H and O–H groups in total. The molecule has 0 aliphatic rings. The molecule has 1 unspecified atom stereocenters. The standard InChI is InChI=1S/C14H29NO/c1-13(2,3)11(9-7-8-10-15)12(16)14(4,5)6/h11H,7-10,15H2,1-6H3. The van der Waals surface area contributed by atoms with Gasteiger partial charge in [0.25, 0.3) is 0 Å². The Morgan fingerprint density at radius 1 is 1.06 bits per heavy atom. The number of carbonyl (C=O) groups is 1. The molecule has 0 aromatic heterocycles. The lowest BCUT2D eigenvalue weighted by atomic mass is 9.69. The van der Waals surface area contributed by atoms with Crippen LogP contribution in [-0.4, -0.2) is 12.3 Å². The van der Waals surface area contributed by atoms with Crippen LogP contribution in [0.3, 0.4) is 0 Å². The maximum atomic E-state index is 12.4. The predicted molar refractivity (Wildman–Crippen MR) is 70.3 cm³/mol. The molecule has 0 amide bonds. The fraction of sp³-hybridized carbons (Fsp3) is 0.929. The second-order valence-electron chi connectivity index (χ2n) is 6.82. The highest BCUT2D eigenvalue weighted by Crippen LogP contribution is 2.36. The molecule has 0 saturated carbocycles. The van der Waals surface area contributed by atoms with E-state index in [4.69, 9.17) is 5.73 Å². The van der Waals surface area contributed by atoms with E-state index in [0.717, 1.165) is 25.8 Å². The first-order valence-corrected chi connectivity index (χ1v) is 6.35. The van der Waals surface area contributed by atoms with Gasteiger partial charge in [0.2, 0.25) is 0 Å². The third kappa shape index (κ3) is 5.11. The highest BCUT2D eigenvalue weighted by Gasteiger charge is 2.36. The zero-order valence-electron chi connectivity index (χ0n) is 11.9. The van der Waals surface area contributed by atoms with E-state index in [-0.39, 0.29) is 16.7 Å². The van der Waals surface area contributed by atoms with Crippen LogP contribution in [0, 0.1) is 16.7 Å². The van der Waals surface area contributed by atoms with Crippen molar-refractivity contribution in [2.45, 2.75) is 60.8 Å². The van der Waals surface area contributed by atoms with Crippen LogP contribution >= 0.6 is 0 Å². The summed E-state index contributed by atoms with van der Waals surface area (Å²) in [5, 5.41) is 0. The molecule has 0 radical (unpaired) electrons. The van der Waals surface area contributed by atoms with Gasteiger partial charge in [-0.3, -0.25) is 4.79 Å². The van der Waals surface area contributed by atoms with Crippen molar-refractivity contribution < 1.29 is 4.79 Å². The Kier molecular flexibility index (Phi) is 5.67. The molecule has 0 aromatic carbocycles. The quantitative estimate of drug-likeness (QED) is 0.732. The number of nitrogens with two attached hydrogens (primary N) is 1. The first-order chi connectivity index (χ1) is 7.10. The van der Waals surface area contributed by atoms with Crippen molar-refractivity contribution in [3.63, 3.8) is 0 Å². The maximum absolute atomic E-state index is 12.4. The molecule has 0 saturated heterocycles. The van der Waals surface area contributed by atoms with Crippen LogP contribution in [0.15, 0.2) is 0 Å². The summed E-state index contributed by atoms with van der Waals surface area (Å²) in [5.74, 6) is 0.538. The second kappa shape index (κ2) is 5.81. The molecule has 0 aliphatic carbocycles. The van der Waals surface area contributed by atoms with Crippen LogP contribution in [0.1, 0.15) is 60.8 Å². The Balaban J connectivity index is 4.63. The van der Waals surface area contributed by atoms with Gasteiger partial charge in [0.1, 0.15) is 5.78 Å². The van der Waals surface area contributed by atoms with Gasteiger partial charge in [0.15, 0.2) is 0 Å². The van der Waals surface area contributed by atoms with E-state index >= 15 is 0 Å². The number of rotatable bonds is 5. The minimum Gasteiger partial charge on any atom is -0.330 e. The average molecular weight is 227 g/mol. The predicted octanol–water partition coefficient (Wildman–Crippen LogP) is 3.39. The van der Waals surface area contributed by atoms with Gasteiger partial charge in [-0.15, -0.1) is 0 Å². The molecule has 0 heterocycles. The van der Waals surface area contributed by atoms with Gasteiger partial charge in [0.05, 0.1) is 0 Å². The van der Waals surface area contributed by atoms with E-state index in [9.17, 15) is 4.79 Å². The molecule has 2 heteroatoms. The van der Waals surface area contributed by atoms with Gasteiger partial charge in [-0.2, -0.15) is 0 Å². The molecule has 0 spiro atoms. The molecule has 16 heavy (non-hydrogen) atoms. The fourth-order valence-corrected chi connectivity index (χ4v) is 1.97. The zero-order chi connectivity index (χ0) is 13.0. The largest absolute Gasteiger partial charge is 0.330 e. The molecule has 0 bridgehead atoms. The van der Waals surface area contributed by atoms with Gasteiger partial charge in [-0.05, 0) is 24.8 Å². The maximum Gasteiger partial charge on any atom is 0.141 e. The number of unbranched alkanes of at least 4 members (excludes halogenated alkanes) is 1. The Morgan fingerprint density at radius 3 is 1.88 bits per heavy atom. The monoisotopic (exact) mass is 227 g/mol. The van der Waals surface area contributed by atoms with Crippen LogP contribution in [-0.2, 0) is 4.79 Å². The van der Waals surface area contributed by atoms with Crippen LogP contribution < -0.4 is 5.73 Å². The summed E-state index contributed by atoms with van der Waals surface area (Å²) in [5.41, 5.74) is 5.32. The Bertz CT molecular complexity index is 220. The van der Waals surface area contributed by atoms with Gasteiger partial charge in [0, 0.05) is 11.3 Å². The molecule has 0 aliphatic heterocycles. The SMILES string of the molecule is CC(C)(C)C(=O)C(CCCCN)C(C)(C)C. The summed E-state index contributed by atoms with van der Waals surface area (Å²) in [7, 11) is 0. The van der Waals surface area contributed by atoms with Crippen molar-refractivity contribution in [2.75, 3.05) is 6.54 Å². The second-order valence-corrected chi connectivity index (χ2v) is 6.82. The van der Waals surface area contributed by atoms with Crippen LogP contribution in [0.4, 0.5) is 0 Å². The topological polar surface area (TPSA) is 43.1 Å². The van der Waals surface area contributed by atoms with Crippen molar-refractivity contribution in [2.24, 2.45) is 22.5 Å². The van der Waals surface area contributed by atoms with Crippen LogP contribution in [0.2, 0.25) is 0 Å². The summed E-state index contributed by atoms with van der Waals surface area (Å²) in [6, 6.07) is 0. The van der Waals surface area contributed by atoms with Crippen molar-refractivity contribution >= 4 is 5.78 Å². The average Bonchev–Trinajstić information content (AvgIpc) is 2.08. The van der Waals surface area contributed by atoms with E-state index in [0.29, 0.717) is 5.78 Å². The normalized spacial score (nSPS) is 14.9. The Labute approximate surface area is 101 Å². The highest BCUT2D eigenvalue weighted by molar-refractivity contribution is 5.86. The molecular weight excluding hydrogens is 198 g/mol. The molecule has 0 fully saturated rings. The molecule has 1 atom stereocenters. The van der Waals surface area contributed by atoms with E-state index in [1.807, 2.05) is 20.8 Å². The number of ketones is 1. The lowest BCUT2D eigenvalue weighted by Crippen LogP contribution is -2.36. The minimum atomic E-state index is -0.235. The van der Waals surface area contributed by atoms with Gasteiger partial charge < -0.3 is 5.73 Å². The lowest BCUT2D eigenvalue weighted by Gasteiger charge is -2.34. The van der Waals surface area contributed by atoms with E-state index in [1.54, 1.807) is 0 Å². The van der Waals surface area contributed by atoms with E-state index in [1.165, 1.54) is 0 Å². The number of carbonyl (C=O) groups excluding carboxylic acids is 1. The minimum absolute atomic E-state index is 0.0545. The summed E-state index contributed by atoms with van der Waals surface area (Å²) < 4.78 is 0. The Morgan fingerprint density at radius 2 is 1.56 bits per heavy atom. The molecule has 96 valence electrons. The highest BCUT2D eigenvalue weighted by atomic mass is 16.1. The molecule has 0 rings (SSSR count). The van der Waals surface area contributed by atoms with Crippen molar-refractivity contribution in [1.29, 1.82) is 0 Å². The van der Waals surface area contributed by atoms with Crippen molar-refractivity contribution in [3.8, 4) is 0 Å². The van der Waals surface area contributed by atoms with Gasteiger partial charge in [-0.25, -0.2) is 0 Å². The number of hydrogen-bond donors (Lipinski definition) is 1. The molecule has 2 nitrogen and oxygen atoms in total. The summed E-state index contributed by atoms with van der Waals surface area (Å²) >= 11 is 0. The first-order valence-electron chi connectivity index (χ1n) is 6.35. The van der Waals surface area contributed by atoms with Crippen LogP contribution in [0.25, 0.3) is 0 Å². The summed E-state index contributed by atoms with van der Waals surface area (Å²) in [6.07, 6.45) is 3.04. The van der Waals surface area contributed by atoms with E-state index in [2.05, 4.69) is 20.8 Å². The lowest BCUT2D eigenvalue weighted by molar-refractivity contribution is -0.134. The summed E-state index contributed by atoms with van der Waals surface area (Å²) in [6.45, 7) is 13.2. The zero-order valence-corrected chi connectivity index (χ0v) is 11.9. The summed E-state index contributed by atoms with van der Waals surface area (Å²) in [4.78, 5) is 12.4. The van der Waals surface area contributed by atoms with Crippen molar-refractivity contribution in [3.05, 3.63) is 0 Å². The first kappa shape index (κ1) is 15.6. The Hall–Kier alpha value is -0.370. The number of Topliss-reactive ketones (excluding diaryl/α,β-unsaturated/α-hetero) is 1. The molecular formula is C14H29NO. The fourth-order valence-electron chi connectivity index (χ4n) is 1.97. The van der Waals surface area contributed by atoms with E-state index < -0.39 is 0 Å². The van der Waals surface area contributed by atoms with Crippen LogP contribution in [0.5, 0.6) is 0 Å². The number of hydrogen-bond acceptors (Lipinski definition) is 2. The van der Waals surface area contributed by atoms with Gasteiger partial charge >= 0.3 is 0 Å².